The van der Waals surface area contributed by atoms with E-state index in [0.717, 1.165) is 17.6 Å². The van der Waals surface area contributed by atoms with Gasteiger partial charge in [-0.25, -0.2) is 4.98 Å². The number of nitriles is 1. The molecule has 1 heterocycles. The van der Waals surface area contributed by atoms with Crippen molar-refractivity contribution < 1.29 is 14.5 Å². The number of nitro benzene ring substituents is 1. The summed E-state index contributed by atoms with van der Waals surface area (Å²) in [6.45, 7) is -0.514. The molecule has 28 heavy (non-hydrogen) atoms. The summed E-state index contributed by atoms with van der Waals surface area (Å²) >= 11 is 11.7. The largest absolute Gasteiger partial charge is 0.484 e. The molecule has 0 saturated heterocycles. The molecular formula is C18H12Cl2N4O4. The number of nitro groups is 1. The first-order valence-corrected chi connectivity index (χ1v) is 8.69. The maximum atomic E-state index is 12.6. The van der Waals surface area contributed by atoms with Crippen LogP contribution in [0, 0.1) is 21.4 Å². The second kappa shape index (κ2) is 7.84. The molecule has 3 aromatic rings. The van der Waals surface area contributed by atoms with Crippen LogP contribution >= 0.6 is 23.2 Å². The number of para-hydroxylation sites is 2. The molecule has 1 atom stereocenters. The van der Waals surface area contributed by atoms with Crippen molar-refractivity contribution in [1.29, 1.82) is 5.26 Å². The lowest BCUT2D eigenvalue weighted by Crippen LogP contribution is -2.21. The van der Waals surface area contributed by atoms with Gasteiger partial charge in [0.15, 0.2) is 11.7 Å². The number of ketones is 1. The van der Waals surface area contributed by atoms with E-state index in [9.17, 15) is 20.2 Å². The molecule has 0 fully saturated rings. The molecule has 0 bridgehead atoms. The molecule has 0 amide bonds. The zero-order valence-electron chi connectivity index (χ0n) is 14.4. The van der Waals surface area contributed by atoms with Crippen LogP contribution in [-0.4, -0.2) is 26.9 Å². The number of aromatic nitrogens is 2. The summed E-state index contributed by atoms with van der Waals surface area (Å²) < 4.78 is 7.00. The molecular weight excluding hydrogens is 407 g/mol. The molecule has 142 valence electrons. The Morgan fingerprint density at radius 1 is 1.36 bits per heavy atom. The zero-order chi connectivity index (χ0) is 20.4. The van der Waals surface area contributed by atoms with E-state index >= 15 is 0 Å². The molecule has 8 nitrogen and oxygen atoms in total. The third kappa shape index (κ3) is 3.63. The fourth-order valence-corrected chi connectivity index (χ4v) is 3.20. The van der Waals surface area contributed by atoms with E-state index in [4.69, 9.17) is 27.9 Å². The van der Waals surface area contributed by atoms with E-state index in [0.29, 0.717) is 5.52 Å². The Morgan fingerprint density at radius 2 is 2.07 bits per heavy atom. The van der Waals surface area contributed by atoms with E-state index in [1.165, 1.54) is 0 Å². The van der Waals surface area contributed by atoms with E-state index in [-0.39, 0.29) is 21.6 Å². The Morgan fingerprint density at radius 3 is 2.71 bits per heavy atom. The summed E-state index contributed by atoms with van der Waals surface area (Å²) in [4.78, 5) is 27.2. The van der Waals surface area contributed by atoms with Crippen LogP contribution in [0.3, 0.4) is 0 Å². The number of benzene rings is 2. The summed E-state index contributed by atoms with van der Waals surface area (Å²) in [5.74, 6) is -1.52. The van der Waals surface area contributed by atoms with Crippen molar-refractivity contribution >= 4 is 45.7 Å². The number of fused-ring (bicyclic) bond motifs is 1. The van der Waals surface area contributed by atoms with Crippen LogP contribution in [0.15, 0.2) is 36.4 Å². The van der Waals surface area contributed by atoms with Gasteiger partial charge < -0.3 is 9.30 Å². The average Bonchev–Trinajstić information content (AvgIpc) is 2.98. The standard InChI is InChI=1S/C18H12Cl2N4O4/c1-23-14-5-3-2-4-13(14)22-18(23)10(8-21)16(25)9-28-17-7-15(24(26)27)11(19)6-12(17)20/h2-7,10H,9H2,1H3/t10-/m1/s1. The molecule has 0 unspecified atom stereocenters. The topological polar surface area (TPSA) is 111 Å². The summed E-state index contributed by atoms with van der Waals surface area (Å²) in [5, 5.41) is 20.3. The van der Waals surface area contributed by atoms with Gasteiger partial charge in [0.05, 0.1) is 33.1 Å². The van der Waals surface area contributed by atoms with Crippen LogP contribution in [0.25, 0.3) is 11.0 Å². The zero-order valence-corrected chi connectivity index (χ0v) is 15.9. The fourth-order valence-electron chi connectivity index (χ4n) is 2.70. The van der Waals surface area contributed by atoms with Gasteiger partial charge in [0, 0.05) is 7.05 Å². The third-order valence-electron chi connectivity index (χ3n) is 4.10. The number of Topliss-reactive ketones (excluding diaryl/α,β-unsaturated/α-hetero) is 1. The average molecular weight is 419 g/mol. The Labute approximate surface area is 169 Å². The summed E-state index contributed by atoms with van der Waals surface area (Å²) in [6.07, 6.45) is 0. The smallest absolute Gasteiger partial charge is 0.291 e. The Balaban J connectivity index is 1.84. The molecule has 0 aliphatic carbocycles. The minimum Gasteiger partial charge on any atom is -0.484 e. The highest BCUT2D eigenvalue weighted by atomic mass is 35.5. The molecule has 3 rings (SSSR count). The molecule has 2 aromatic carbocycles. The molecule has 0 N–H and O–H groups in total. The van der Waals surface area contributed by atoms with Crippen molar-refractivity contribution in [2.45, 2.75) is 5.92 Å². The van der Waals surface area contributed by atoms with Crippen molar-refractivity contribution in [1.82, 2.24) is 9.55 Å². The van der Waals surface area contributed by atoms with Gasteiger partial charge in [-0.3, -0.25) is 14.9 Å². The third-order valence-corrected chi connectivity index (χ3v) is 4.70. The van der Waals surface area contributed by atoms with Crippen molar-refractivity contribution in [3.8, 4) is 11.8 Å². The van der Waals surface area contributed by atoms with Gasteiger partial charge in [-0.2, -0.15) is 5.26 Å². The highest BCUT2D eigenvalue weighted by Gasteiger charge is 2.27. The van der Waals surface area contributed by atoms with Gasteiger partial charge in [0.25, 0.3) is 5.69 Å². The Bertz CT molecular complexity index is 1140. The van der Waals surface area contributed by atoms with E-state index in [2.05, 4.69) is 4.98 Å². The number of carbonyl (C=O) groups excluding carboxylic acids is 1. The fraction of sp³-hybridized carbons (Fsp3) is 0.167. The number of carbonyl (C=O) groups is 1. The van der Waals surface area contributed by atoms with Crippen LogP contribution in [0.4, 0.5) is 5.69 Å². The van der Waals surface area contributed by atoms with E-state index < -0.39 is 28.9 Å². The minimum atomic E-state index is -1.17. The SMILES string of the molecule is Cn1c([C@H](C#N)C(=O)COc2cc([N+](=O)[O-])c(Cl)cc2Cl)nc2ccccc21. The van der Waals surface area contributed by atoms with Gasteiger partial charge in [-0.05, 0) is 18.2 Å². The number of hydrogen-bond donors (Lipinski definition) is 0. The lowest BCUT2D eigenvalue weighted by molar-refractivity contribution is -0.384. The number of ether oxygens (including phenoxy) is 1. The number of imidazole rings is 1. The monoisotopic (exact) mass is 418 g/mol. The van der Waals surface area contributed by atoms with Gasteiger partial charge in [-0.1, -0.05) is 35.3 Å². The van der Waals surface area contributed by atoms with Crippen LogP contribution in [0.1, 0.15) is 11.7 Å². The maximum absolute atomic E-state index is 12.6. The summed E-state index contributed by atoms with van der Waals surface area (Å²) in [5.41, 5.74) is 1.04. The normalized spacial score (nSPS) is 11.8. The van der Waals surface area contributed by atoms with Crippen molar-refractivity contribution in [3.05, 3.63) is 62.4 Å². The molecule has 0 radical (unpaired) electrons. The molecule has 0 aliphatic rings. The predicted molar refractivity (Wildman–Crippen MR) is 103 cm³/mol. The van der Waals surface area contributed by atoms with E-state index in [1.807, 2.05) is 18.2 Å². The quantitative estimate of drug-likeness (QED) is 0.440. The van der Waals surface area contributed by atoms with Crippen LogP contribution < -0.4 is 4.74 Å². The van der Waals surface area contributed by atoms with Crippen LogP contribution in [-0.2, 0) is 11.8 Å². The predicted octanol–water partition coefficient (Wildman–Crippen LogP) is 4.04. The second-order valence-electron chi connectivity index (χ2n) is 5.83. The lowest BCUT2D eigenvalue weighted by atomic mass is 10.1. The number of hydrogen-bond acceptors (Lipinski definition) is 6. The van der Waals surface area contributed by atoms with Crippen molar-refractivity contribution in [2.75, 3.05) is 6.61 Å². The highest BCUT2D eigenvalue weighted by Crippen LogP contribution is 2.35. The highest BCUT2D eigenvalue weighted by molar-refractivity contribution is 6.36. The van der Waals surface area contributed by atoms with Crippen LogP contribution in [0.2, 0.25) is 10.0 Å². The number of halogens is 2. The number of rotatable bonds is 6. The van der Waals surface area contributed by atoms with Crippen LogP contribution in [0.5, 0.6) is 5.75 Å². The molecule has 0 aliphatic heterocycles. The Hall–Kier alpha value is -3.15. The first kappa shape index (κ1) is 19.6. The first-order valence-electron chi connectivity index (χ1n) is 7.93. The Kier molecular flexibility index (Phi) is 5.49. The molecule has 0 spiro atoms. The molecule has 1 aromatic heterocycles. The molecule has 0 saturated carbocycles. The van der Waals surface area contributed by atoms with E-state index in [1.54, 1.807) is 23.7 Å². The van der Waals surface area contributed by atoms with Gasteiger partial charge >= 0.3 is 0 Å². The van der Waals surface area contributed by atoms with Gasteiger partial charge in [0.1, 0.15) is 23.2 Å². The van der Waals surface area contributed by atoms with Crippen molar-refractivity contribution in [3.63, 3.8) is 0 Å². The van der Waals surface area contributed by atoms with Crippen molar-refractivity contribution in [2.24, 2.45) is 7.05 Å². The minimum absolute atomic E-state index is 0.0136. The second-order valence-corrected chi connectivity index (χ2v) is 6.64. The number of aryl methyl sites for hydroxylation is 1. The summed E-state index contributed by atoms with van der Waals surface area (Å²) in [7, 11) is 1.71. The number of nitrogens with zero attached hydrogens (tertiary/aromatic N) is 4. The first-order chi connectivity index (χ1) is 13.3. The van der Waals surface area contributed by atoms with Gasteiger partial charge in [0.2, 0.25) is 0 Å². The van der Waals surface area contributed by atoms with Gasteiger partial charge in [-0.15, -0.1) is 0 Å². The molecule has 10 heteroatoms. The lowest BCUT2D eigenvalue weighted by Gasteiger charge is -2.11. The summed E-state index contributed by atoms with van der Waals surface area (Å²) in [6, 6.07) is 11.4. The maximum Gasteiger partial charge on any atom is 0.291 e.